The van der Waals surface area contributed by atoms with Crippen molar-refractivity contribution in [2.24, 2.45) is 0 Å². The topological polar surface area (TPSA) is 112 Å². The van der Waals surface area contributed by atoms with Crippen LogP contribution in [0, 0.1) is 0 Å². The summed E-state index contributed by atoms with van der Waals surface area (Å²) in [5.41, 5.74) is 9.87. The number of nitrogens with zero attached hydrogens (tertiary/aromatic N) is 2. The smallest absolute Gasteiger partial charge is 0.175 e. The first-order chi connectivity index (χ1) is 16.2. The lowest BCUT2D eigenvalue weighted by Crippen LogP contribution is -2.22. The first kappa shape index (κ1) is 24.0. The lowest BCUT2D eigenvalue weighted by molar-refractivity contribution is 0.0179. The standard InChI is InChI=1S/C26H29N3O4S/c1-17-14-21(12-13-33-17)23-16-28-26(27)25(29-23)20-9-7-19(8-10-20)24(30)11-6-18-4-3-5-22(15-18)34(2,31)32/h3-5,7-10,15-17,21H,6,11-14H2,1-2H3,(H2,27,28)/t17-,21-/m1/s1. The van der Waals surface area contributed by atoms with Gasteiger partial charge in [-0.15, -0.1) is 0 Å². The first-order valence-electron chi connectivity index (χ1n) is 11.4. The van der Waals surface area contributed by atoms with Gasteiger partial charge in [0.15, 0.2) is 15.6 Å². The minimum Gasteiger partial charge on any atom is -0.382 e. The van der Waals surface area contributed by atoms with Crippen LogP contribution in [0.4, 0.5) is 5.82 Å². The molecule has 0 unspecified atom stereocenters. The molecule has 1 fully saturated rings. The number of nitrogen functional groups attached to an aromatic ring is 1. The number of carbonyl (C=O) groups is 1. The Kier molecular flexibility index (Phi) is 7.09. The number of aryl methyl sites for hydroxylation is 1. The van der Waals surface area contributed by atoms with Crippen LogP contribution >= 0.6 is 0 Å². The van der Waals surface area contributed by atoms with E-state index in [1.807, 2.05) is 18.2 Å². The van der Waals surface area contributed by atoms with Gasteiger partial charge in [0, 0.05) is 36.3 Å². The molecule has 0 aliphatic carbocycles. The van der Waals surface area contributed by atoms with E-state index < -0.39 is 9.84 Å². The predicted molar refractivity (Wildman–Crippen MR) is 131 cm³/mol. The van der Waals surface area contributed by atoms with Crippen LogP contribution in [-0.2, 0) is 21.0 Å². The molecule has 2 atom stereocenters. The number of benzene rings is 2. The Bertz CT molecular complexity index is 1290. The van der Waals surface area contributed by atoms with Crippen molar-refractivity contribution in [3.8, 4) is 11.3 Å². The summed E-state index contributed by atoms with van der Waals surface area (Å²) in [5.74, 6) is 0.631. The number of anilines is 1. The Morgan fingerprint density at radius 3 is 2.65 bits per heavy atom. The van der Waals surface area contributed by atoms with Crippen molar-refractivity contribution in [2.45, 2.75) is 49.5 Å². The minimum atomic E-state index is -3.28. The van der Waals surface area contributed by atoms with Crippen LogP contribution in [0.25, 0.3) is 11.3 Å². The van der Waals surface area contributed by atoms with E-state index in [0.29, 0.717) is 30.1 Å². The summed E-state index contributed by atoms with van der Waals surface area (Å²) in [4.78, 5) is 22.2. The zero-order chi connectivity index (χ0) is 24.3. The van der Waals surface area contributed by atoms with Crippen molar-refractivity contribution in [2.75, 3.05) is 18.6 Å². The van der Waals surface area contributed by atoms with Crippen molar-refractivity contribution in [1.29, 1.82) is 0 Å². The number of ketones is 1. The van der Waals surface area contributed by atoms with E-state index in [1.54, 1.807) is 36.5 Å². The van der Waals surface area contributed by atoms with Crippen molar-refractivity contribution < 1.29 is 17.9 Å². The van der Waals surface area contributed by atoms with Crippen molar-refractivity contribution in [3.63, 3.8) is 0 Å². The summed E-state index contributed by atoms with van der Waals surface area (Å²) in [6.07, 6.45) is 5.68. The van der Waals surface area contributed by atoms with Gasteiger partial charge in [-0.25, -0.2) is 18.4 Å². The third-order valence-electron chi connectivity index (χ3n) is 6.17. The third kappa shape index (κ3) is 5.69. The quantitative estimate of drug-likeness (QED) is 0.505. The molecule has 3 aromatic rings. The van der Waals surface area contributed by atoms with E-state index >= 15 is 0 Å². The summed E-state index contributed by atoms with van der Waals surface area (Å²) in [6.45, 7) is 2.78. The fraction of sp³-hybridized carbons (Fsp3) is 0.346. The molecular weight excluding hydrogens is 450 g/mol. The number of aromatic nitrogens is 2. The molecule has 2 aromatic carbocycles. The number of nitrogens with two attached hydrogens (primary N) is 1. The molecule has 1 aromatic heterocycles. The van der Waals surface area contributed by atoms with Crippen LogP contribution in [-0.4, -0.2) is 43.1 Å². The molecule has 0 spiro atoms. The highest BCUT2D eigenvalue weighted by atomic mass is 32.2. The number of hydrogen-bond acceptors (Lipinski definition) is 7. The molecule has 2 heterocycles. The molecule has 178 valence electrons. The summed E-state index contributed by atoms with van der Waals surface area (Å²) in [6, 6.07) is 13.9. The Balaban J connectivity index is 1.46. The van der Waals surface area contributed by atoms with Gasteiger partial charge >= 0.3 is 0 Å². The van der Waals surface area contributed by atoms with Gasteiger partial charge in [-0.2, -0.15) is 0 Å². The molecule has 7 nitrogen and oxygen atoms in total. The SMILES string of the molecule is C[C@@H]1C[C@H](c2cnc(N)c(-c3ccc(C(=O)CCc4cccc(S(C)(=O)=O)c4)cc3)n2)CCO1. The van der Waals surface area contributed by atoms with Crippen LogP contribution in [0.1, 0.15) is 53.7 Å². The molecule has 4 rings (SSSR count). The summed E-state index contributed by atoms with van der Waals surface area (Å²) in [5, 5.41) is 0. The molecule has 0 amide bonds. The van der Waals surface area contributed by atoms with Crippen molar-refractivity contribution >= 4 is 21.4 Å². The Morgan fingerprint density at radius 1 is 1.18 bits per heavy atom. The van der Waals surface area contributed by atoms with E-state index in [4.69, 9.17) is 15.5 Å². The molecule has 0 bridgehead atoms. The number of ether oxygens (including phenoxy) is 1. The molecular formula is C26H29N3O4S. The minimum absolute atomic E-state index is 0.0136. The maximum atomic E-state index is 12.7. The highest BCUT2D eigenvalue weighted by Gasteiger charge is 2.23. The van der Waals surface area contributed by atoms with Crippen LogP contribution in [0.2, 0.25) is 0 Å². The largest absolute Gasteiger partial charge is 0.382 e. The summed E-state index contributed by atoms with van der Waals surface area (Å²) >= 11 is 0. The van der Waals surface area contributed by atoms with Gasteiger partial charge in [0.1, 0.15) is 11.5 Å². The molecule has 34 heavy (non-hydrogen) atoms. The van der Waals surface area contributed by atoms with E-state index in [-0.39, 0.29) is 29.1 Å². The van der Waals surface area contributed by atoms with E-state index in [2.05, 4.69) is 11.9 Å². The second kappa shape index (κ2) is 10.0. The Hall–Kier alpha value is -3.10. The summed E-state index contributed by atoms with van der Waals surface area (Å²) < 4.78 is 29.1. The second-order valence-corrected chi connectivity index (χ2v) is 10.9. The molecule has 2 N–H and O–H groups in total. The highest BCUT2D eigenvalue weighted by Crippen LogP contribution is 2.31. The third-order valence-corrected chi connectivity index (χ3v) is 7.28. The van der Waals surface area contributed by atoms with Gasteiger partial charge < -0.3 is 10.5 Å². The normalized spacial score (nSPS) is 18.5. The highest BCUT2D eigenvalue weighted by molar-refractivity contribution is 7.90. The number of carbonyl (C=O) groups excluding carboxylic acids is 1. The lowest BCUT2D eigenvalue weighted by Gasteiger charge is -2.27. The fourth-order valence-electron chi connectivity index (χ4n) is 4.24. The van der Waals surface area contributed by atoms with Gasteiger partial charge in [-0.1, -0.05) is 36.4 Å². The zero-order valence-corrected chi connectivity index (χ0v) is 20.2. The zero-order valence-electron chi connectivity index (χ0n) is 19.4. The average molecular weight is 480 g/mol. The van der Waals surface area contributed by atoms with Crippen LogP contribution in [0.15, 0.2) is 59.6 Å². The molecule has 1 saturated heterocycles. The van der Waals surface area contributed by atoms with Gasteiger partial charge in [0.05, 0.1) is 22.9 Å². The van der Waals surface area contributed by atoms with Gasteiger partial charge in [0.2, 0.25) is 0 Å². The Morgan fingerprint density at radius 2 is 1.94 bits per heavy atom. The monoisotopic (exact) mass is 479 g/mol. The molecule has 1 aliphatic rings. The van der Waals surface area contributed by atoms with Crippen molar-refractivity contribution in [3.05, 3.63) is 71.5 Å². The molecule has 1 aliphatic heterocycles. The number of sulfone groups is 1. The lowest BCUT2D eigenvalue weighted by atomic mass is 9.93. The maximum absolute atomic E-state index is 12.7. The second-order valence-electron chi connectivity index (χ2n) is 8.85. The molecule has 0 radical (unpaired) electrons. The van der Waals surface area contributed by atoms with Crippen molar-refractivity contribution in [1.82, 2.24) is 9.97 Å². The molecule has 8 heteroatoms. The molecule has 0 saturated carbocycles. The van der Waals surface area contributed by atoms with Crippen LogP contribution in [0.3, 0.4) is 0 Å². The average Bonchev–Trinajstić information content (AvgIpc) is 2.82. The maximum Gasteiger partial charge on any atom is 0.175 e. The number of hydrogen-bond donors (Lipinski definition) is 1. The van der Waals surface area contributed by atoms with Crippen LogP contribution < -0.4 is 5.73 Å². The summed E-state index contributed by atoms with van der Waals surface area (Å²) in [7, 11) is -3.28. The number of Topliss-reactive ketones (excluding diaryl/α,β-unsaturated/α-hetero) is 1. The first-order valence-corrected chi connectivity index (χ1v) is 13.3. The van der Waals surface area contributed by atoms with E-state index in [0.717, 1.165) is 29.7 Å². The van der Waals surface area contributed by atoms with E-state index in [1.165, 1.54) is 6.26 Å². The number of rotatable bonds is 7. The van der Waals surface area contributed by atoms with Gasteiger partial charge in [-0.05, 0) is 43.9 Å². The Labute approximate surface area is 200 Å². The van der Waals surface area contributed by atoms with E-state index in [9.17, 15) is 13.2 Å². The van der Waals surface area contributed by atoms with Crippen LogP contribution in [0.5, 0.6) is 0 Å². The predicted octanol–water partition coefficient (Wildman–Crippen LogP) is 4.23. The fourth-order valence-corrected chi connectivity index (χ4v) is 4.93. The van der Waals surface area contributed by atoms with Gasteiger partial charge in [0.25, 0.3) is 0 Å². The van der Waals surface area contributed by atoms with Gasteiger partial charge in [-0.3, -0.25) is 4.79 Å².